The molecule has 0 aliphatic carbocycles. The second-order valence-corrected chi connectivity index (χ2v) is 7.77. The second-order valence-electron chi connectivity index (χ2n) is 7.77. The standard InChI is InChI=1S/C26H27N3O4/c1-32-14-13-29-17-19(9-12-25(29)30)26(31)28-15-22(18-7-10-20(33-2)11-8-18)23-16-27-24-6-4-3-5-21(23)24/h3-12,16-17,22,27H,13-15H2,1-2H3,(H,28,31). The zero-order valence-electron chi connectivity index (χ0n) is 18.7. The fourth-order valence-electron chi connectivity index (χ4n) is 3.95. The third kappa shape index (κ3) is 4.99. The molecule has 0 aliphatic rings. The Labute approximate surface area is 192 Å². The molecule has 1 atom stereocenters. The minimum Gasteiger partial charge on any atom is -0.497 e. The van der Waals surface area contributed by atoms with Crippen LogP contribution < -0.4 is 15.6 Å². The molecule has 0 saturated heterocycles. The van der Waals surface area contributed by atoms with Gasteiger partial charge in [-0.15, -0.1) is 0 Å². The molecule has 0 aliphatic heterocycles. The highest BCUT2D eigenvalue weighted by molar-refractivity contribution is 5.94. The Morgan fingerprint density at radius 3 is 2.61 bits per heavy atom. The zero-order valence-corrected chi connectivity index (χ0v) is 18.7. The lowest BCUT2D eigenvalue weighted by atomic mass is 9.90. The molecule has 2 heterocycles. The molecule has 7 nitrogen and oxygen atoms in total. The summed E-state index contributed by atoms with van der Waals surface area (Å²) in [4.78, 5) is 28.3. The van der Waals surface area contributed by atoms with E-state index in [0.717, 1.165) is 27.8 Å². The van der Waals surface area contributed by atoms with Crippen molar-refractivity contribution in [2.24, 2.45) is 0 Å². The van der Waals surface area contributed by atoms with Crippen LogP contribution in [0.2, 0.25) is 0 Å². The number of amides is 1. The maximum atomic E-state index is 13.0. The number of ether oxygens (including phenoxy) is 2. The summed E-state index contributed by atoms with van der Waals surface area (Å²) in [6.45, 7) is 1.18. The number of carbonyl (C=O) groups excluding carboxylic acids is 1. The van der Waals surface area contributed by atoms with Crippen molar-refractivity contribution >= 4 is 16.8 Å². The van der Waals surface area contributed by atoms with Crippen LogP contribution in [0.4, 0.5) is 0 Å². The van der Waals surface area contributed by atoms with Gasteiger partial charge in [0.15, 0.2) is 0 Å². The predicted molar refractivity (Wildman–Crippen MR) is 128 cm³/mol. The van der Waals surface area contributed by atoms with Crippen LogP contribution in [-0.4, -0.2) is 42.8 Å². The molecule has 170 valence electrons. The average Bonchev–Trinajstić information content (AvgIpc) is 3.28. The molecule has 0 bridgehead atoms. The average molecular weight is 446 g/mol. The number of hydrogen-bond acceptors (Lipinski definition) is 4. The van der Waals surface area contributed by atoms with Gasteiger partial charge in [-0.3, -0.25) is 9.59 Å². The Morgan fingerprint density at radius 2 is 1.85 bits per heavy atom. The van der Waals surface area contributed by atoms with Gasteiger partial charge in [0.1, 0.15) is 5.75 Å². The SMILES string of the molecule is COCCn1cc(C(=O)NCC(c2ccc(OC)cc2)c2c[nH]c3ccccc23)ccc1=O. The quantitative estimate of drug-likeness (QED) is 0.413. The van der Waals surface area contributed by atoms with Crippen LogP contribution in [-0.2, 0) is 11.3 Å². The summed E-state index contributed by atoms with van der Waals surface area (Å²) < 4.78 is 11.8. The Kier molecular flexibility index (Phi) is 6.90. The molecule has 4 aromatic rings. The zero-order chi connectivity index (χ0) is 23.2. The third-order valence-electron chi connectivity index (χ3n) is 5.76. The lowest BCUT2D eigenvalue weighted by molar-refractivity contribution is 0.0951. The van der Waals surface area contributed by atoms with Crippen LogP contribution >= 0.6 is 0 Å². The van der Waals surface area contributed by atoms with Crippen molar-refractivity contribution in [1.29, 1.82) is 0 Å². The number of H-pyrrole nitrogens is 1. The van der Waals surface area contributed by atoms with E-state index < -0.39 is 0 Å². The maximum absolute atomic E-state index is 13.0. The van der Waals surface area contributed by atoms with Gasteiger partial charge in [-0.2, -0.15) is 0 Å². The van der Waals surface area contributed by atoms with Gasteiger partial charge in [-0.25, -0.2) is 0 Å². The summed E-state index contributed by atoms with van der Waals surface area (Å²) in [5.41, 5.74) is 3.46. The molecule has 0 fully saturated rings. The minimum atomic E-state index is -0.237. The van der Waals surface area contributed by atoms with Crippen LogP contribution in [0, 0.1) is 0 Å². The maximum Gasteiger partial charge on any atom is 0.252 e. The lowest BCUT2D eigenvalue weighted by Gasteiger charge is -2.19. The van der Waals surface area contributed by atoms with Crippen molar-refractivity contribution in [3.63, 3.8) is 0 Å². The number of methoxy groups -OCH3 is 2. The first-order valence-corrected chi connectivity index (χ1v) is 10.8. The number of nitrogens with one attached hydrogen (secondary N) is 2. The van der Waals surface area contributed by atoms with E-state index in [2.05, 4.69) is 16.4 Å². The number of para-hydroxylation sites is 1. The van der Waals surface area contributed by atoms with Gasteiger partial charge >= 0.3 is 0 Å². The van der Waals surface area contributed by atoms with Gasteiger partial charge in [0.05, 0.1) is 19.3 Å². The van der Waals surface area contributed by atoms with E-state index >= 15 is 0 Å². The normalized spacial score (nSPS) is 11.9. The molecular weight excluding hydrogens is 418 g/mol. The van der Waals surface area contributed by atoms with Crippen LogP contribution in [0.3, 0.4) is 0 Å². The lowest BCUT2D eigenvalue weighted by Crippen LogP contribution is -2.30. The number of hydrogen-bond donors (Lipinski definition) is 2. The number of nitrogens with zero attached hydrogens (tertiary/aromatic N) is 1. The van der Waals surface area contributed by atoms with E-state index in [4.69, 9.17) is 9.47 Å². The van der Waals surface area contributed by atoms with Crippen molar-refractivity contribution < 1.29 is 14.3 Å². The molecule has 0 spiro atoms. The fourth-order valence-corrected chi connectivity index (χ4v) is 3.95. The van der Waals surface area contributed by atoms with E-state index in [9.17, 15) is 9.59 Å². The summed E-state index contributed by atoms with van der Waals surface area (Å²) in [5, 5.41) is 4.16. The number of aromatic amines is 1. The van der Waals surface area contributed by atoms with Gasteiger partial charge in [0.25, 0.3) is 11.5 Å². The number of benzene rings is 2. The number of pyridine rings is 1. The molecule has 1 amide bonds. The highest BCUT2D eigenvalue weighted by Crippen LogP contribution is 2.31. The number of carbonyl (C=O) groups is 1. The molecule has 33 heavy (non-hydrogen) atoms. The molecule has 0 radical (unpaired) electrons. The Bertz CT molecular complexity index is 1290. The Hall–Kier alpha value is -3.84. The summed E-state index contributed by atoms with van der Waals surface area (Å²) in [6.07, 6.45) is 3.57. The molecule has 1 unspecified atom stereocenters. The van der Waals surface area contributed by atoms with Gasteiger partial charge < -0.3 is 24.3 Å². The first kappa shape index (κ1) is 22.4. The molecule has 2 aromatic carbocycles. The first-order chi connectivity index (χ1) is 16.1. The Morgan fingerprint density at radius 1 is 1.06 bits per heavy atom. The van der Waals surface area contributed by atoms with Crippen molar-refractivity contribution in [3.8, 4) is 5.75 Å². The summed E-state index contributed by atoms with van der Waals surface area (Å²) in [7, 11) is 3.21. The summed E-state index contributed by atoms with van der Waals surface area (Å²) in [6, 6.07) is 18.9. The smallest absolute Gasteiger partial charge is 0.252 e. The predicted octanol–water partition coefficient (Wildman–Crippen LogP) is 3.55. The second kappa shape index (κ2) is 10.2. The highest BCUT2D eigenvalue weighted by atomic mass is 16.5. The molecule has 2 N–H and O–H groups in total. The Balaban J connectivity index is 1.60. The van der Waals surface area contributed by atoms with Crippen molar-refractivity contribution in [1.82, 2.24) is 14.9 Å². The van der Waals surface area contributed by atoms with E-state index in [1.54, 1.807) is 26.5 Å². The van der Waals surface area contributed by atoms with Gasteiger partial charge in [0.2, 0.25) is 0 Å². The van der Waals surface area contributed by atoms with Crippen LogP contribution in [0.1, 0.15) is 27.4 Å². The van der Waals surface area contributed by atoms with Crippen LogP contribution in [0.25, 0.3) is 10.9 Å². The van der Waals surface area contributed by atoms with Crippen molar-refractivity contribution in [2.75, 3.05) is 27.4 Å². The summed E-state index contributed by atoms with van der Waals surface area (Å²) in [5.74, 6) is 0.466. The number of rotatable bonds is 9. The van der Waals surface area contributed by atoms with Gasteiger partial charge in [-0.1, -0.05) is 30.3 Å². The van der Waals surface area contributed by atoms with E-state index in [0.29, 0.717) is 25.3 Å². The highest BCUT2D eigenvalue weighted by Gasteiger charge is 2.20. The minimum absolute atomic E-state index is 0.0737. The molecule has 4 rings (SSSR count). The van der Waals surface area contributed by atoms with Crippen molar-refractivity contribution in [2.45, 2.75) is 12.5 Å². The van der Waals surface area contributed by atoms with Gasteiger partial charge in [0, 0.05) is 55.5 Å². The number of aromatic nitrogens is 2. The van der Waals surface area contributed by atoms with E-state index in [1.165, 1.54) is 10.6 Å². The largest absolute Gasteiger partial charge is 0.497 e. The topological polar surface area (TPSA) is 85.3 Å². The van der Waals surface area contributed by atoms with Crippen LogP contribution in [0.5, 0.6) is 5.75 Å². The van der Waals surface area contributed by atoms with E-state index in [-0.39, 0.29) is 17.4 Å². The number of fused-ring (bicyclic) bond motifs is 1. The molecule has 2 aromatic heterocycles. The van der Waals surface area contributed by atoms with E-state index in [1.807, 2.05) is 48.7 Å². The fraction of sp³-hybridized carbons (Fsp3) is 0.231. The first-order valence-electron chi connectivity index (χ1n) is 10.8. The third-order valence-corrected chi connectivity index (χ3v) is 5.76. The van der Waals surface area contributed by atoms with Crippen LogP contribution in [0.15, 0.2) is 77.9 Å². The molecule has 0 saturated carbocycles. The molecular formula is C26H27N3O4. The van der Waals surface area contributed by atoms with Gasteiger partial charge in [-0.05, 0) is 35.4 Å². The monoisotopic (exact) mass is 445 g/mol. The van der Waals surface area contributed by atoms with Crippen molar-refractivity contribution in [3.05, 3.63) is 100 Å². The summed E-state index contributed by atoms with van der Waals surface area (Å²) >= 11 is 0. The molecule has 7 heteroatoms.